The van der Waals surface area contributed by atoms with E-state index in [1.165, 1.54) is 6.92 Å². The van der Waals surface area contributed by atoms with Crippen molar-refractivity contribution in [1.82, 2.24) is 5.32 Å². The lowest BCUT2D eigenvalue weighted by atomic mass is 10.2. The second-order valence-electron chi connectivity index (χ2n) is 3.86. The van der Waals surface area contributed by atoms with E-state index in [0.717, 1.165) is 11.3 Å². The molecule has 1 rings (SSSR count). The Balaban J connectivity index is 2.42. The van der Waals surface area contributed by atoms with Gasteiger partial charge in [0.2, 0.25) is 5.91 Å². The average Bonchev–Trinajstić information content (AvgIpc) is 2.19. The van der Waals surface area contributed by atoms with Crippen molar-refractivity contribution in [2.45, 2.75) is 26.5 Å². The van der Waals surface area contributed by atoms with Crippen molar-refractivity contribution < 1.29 is 9.90 Å². The Kier molecular flexibility index (Phi) is 4.95. The molecule has 0 aliphatic heterocycles. The predicted molar refractivity (Wildman–Crippen MR) is 64.1 cm³/mol. The first-order valence-corrected chi connectivity index (χ1v) is 5.33. The SMILES string of the molecule is CC(=O)Nc1ccc(CNCC(C)O)cc1. The second kappa shape index (κ2) is 6.25. The summed E-state index contributed by atoms with van der Waals surface area (Å²) in [4.78, 5) is 10.8. The predicted octanol–water partition coefficient (Wildman–Crippen LogP) is 1.12. The second-order valence-corrected chi connectivity index (χ2v) is 3.86. The van der Waals surface area contributed by atoms with Gasteiger partial charge in [0.15, 0.2) is 0 Å². The number of aliphatic hydroxyl groups is 1. The van der Waals surface area contributed by atoms with Crippen molar-refractivity contribution in [3.8, 4) is 0 Å². The molecule has 3 N–H and O–H groups in total. The Bertz CT molecular complexity index is 333. The van der Waals surface area contributed by atoms with Gasteiger partial charge in [-0.1, -0.05) is 12.1 Å². The molecule has 4 nitrogen and oxygen atoms in total. The van der Waals surface area contributed by atoms with Crippen molar-refractivity contribution in [2.24, 2.45) is 0 Å². The molecule has 0 heterocycles. The monoisotopic (exact) mass is 222 g/mol. The molecular formula is C12H18N2O2. The smallest absolute Gasteiger partial charge is 0.221 e. The van der Waals surface area contributed by atoms with Crippen molar-refractivity contribution in [1.29, 1.82) is 0 Å². The van der Waals surface area contributed by atoms with Gasteiger partial charge in [-0.15, -0.1) is 0 Å². The van der Waals surface area contributed by atoms with E-state index in [4.69, 9.17) is 5.11 Å². The molecule has 0 aliphatic carbocycles. The number of hydrogen-bond acceptors (Lipinski definition) is 3. The third-order valence-electron chi connectivity index (χ3n) is 2.04. The maximum atomic E-state index is 10.8. The largest absolute Gasteiger partial charge is 0.392 e. The lowest BCUT2D eigenvalue weighted by Gasteiger charge is -2.07. The highest BCUT2D eigenvalue weighted by Gasteiger charge is 1.97. The van der Waals surface area contributed by atoms with E-state index in [9.17, 15) is 4.79 Å². The lowest BCUT2D eigenvalue weighted by Crippen LogP contribution is -2.23. The quantitative estimate of drug-likeness (QED) is 0.699. The van der Waals surface area contributed by atoms with Crippen LogP contribution in [0.5, 0.6) is 0 Å². The number of anilines is 1. The van der Waals surface area contributed by atoms with Crippen LogP contribution in [-0.4, -0.2) is 23.7 Å². The first kappa shape index (κ1) is 12.7. The van der Waals surface area contributed by atoms with E-state index in [1.54, 1.807) is 6.92 Å². The van der Waals surface area contributed by atoms with Crippen LogP contribution in [0.1, 0.15) is 19.4 Å². The van der Waals surface area contributed by atoms with E-state index >= 15 is 0 Å². The van der Waals surface area contributed by atoms with E-state index in [1.807, 2.05) is 24.3 Å². The van der Waals surface area contributed by atoms with Crippen LogP contribution in [0.25, 0.3) is 0 Å². The van der Waals surface area contributed by atoms with Gasteiger partial charge in [-0.2, -0.15) is 0 Å². The van der Waals surface area contributed by atoms with Gasteiger partial charge in [-0.05, 0) is 24.6 Å². The minimum atomic E-state index is -0.335. The molecule has 16 heavy (non-hydrogen) atoms. The molecule has 1 aromatic carbocycles. The highest BCUT2D eigenvalue weighted by atomic mass is 16.3. The third kappa shape index (κ3) is 4.91. The normalized spacial score (nSPS) is 12.2. The highest BCUT2D eigenvalue weighted by molar-refractivity contribution is 5.88. The zero-order valence-corrected chi connectivity index (χ0v) is 9.66. The molecule has 0 saturated heterocycles. The molecule has 0 aliphatic rings. The molecule has 0 radical (unpaired) electrons. The fourth-order valence-electron chi connectivity index (χ4n) is 1.33. The van der Waals surface area contributed by atoms with Crippen molar-refractivity contribution in [3.63, 3.8) is 0 Å². The minimum Gasteiger partial charge on any atom is -0.392 e. The molecule has 0 saturated carbocycles. The topological polar surface area (TPSA) is 61.4 Å². The minimum absolute atomic E-state index is 0.0695. The average molecular weight is 222 g/mol. The summed E-state index contributed by atoms with van der Waals surface area (Å²) in [6.07, 6.45) is -0.335. The van der Waals surface area contributed by atoms with Crippen LogP contribution in [-0.2, 0) is 11.3 Å². The number of benzene rings is 1. The first-order valence-electron chi connectivity index (χ1n) is 5.33. The Hall–Kier alpha value is -1.39. The number of amides is 1. The van der Waals surface area contributed by atoms with Crippen LogP contribution in [0.15, 0.2) is 24.3 Å². The van der Waals surface area contributed by atoms with Gasteiger partial charge < -0.3 is 15.7 Å². The van der Waals surface area contributed by atoms with Gasteiger partial charge in [0.1, 0.15) is 0 Å². The van der Waals surface area contributed by atoms with Crippen molar-refractivity contribution in [2.75, 3.05) is 11.9 Å². The molecular weight excluding hydrogens is 204 g/mol. The van der Waals surface area contributed by atoms with Gasteiger partial charge in [0.05, 0.1) is 6.10 Å². The maximum absolute atomic E-state index is 10.8. The summed E-state index contributed by atoms with van der Waals surface area (Å²) in [5.41, 5.74) is 1.92. The summed E-state index contributed by atoms with van der Waals surface area (Å²) in [6, 6.07) is 7.61. The zero-order chi connectivity index (χ0) is 12.0. The number of nitrogens with one attached hydrogen (secondary N) is 2. The van der Waals surface area contributed by atoms with E-state index in [0.29, 0.717) is 13.1 Å². The van der Waals surface area contributed by atoms with Crippen LogP contribution >= 0.6 is 0 Å². The standard InChI is InChI=1S/C12H18N2O2/c1-9(15)7-13-8-11-3-5-12(6-4-11)14-10(2)16/h3-6,9,13,15H,7-8H2,1-2H3,(H,14,16). The van der Waals surface area contributed by atoms with E-state index in [2.05, 4.69) is 10.6 Å². The first-order chi connectivity index (χ1) is 7.58. The van der Waals surface area contributed by atoms with Crippen LogP contribution in [0.2, 0.25) is 0 Å². The number of carbonyl (C=O) groups is 1. The lowest BCUT2D eigenvalue weighted by molar-refractivity contribution is -0.114. The van der Waals surface area contributed by atoms with Crippen LogP contribution in [0, 0.1) is 0 Å². The van der Waals surface area contributed by atoms with Gasteiger partial charge >= 0.3 is 0 Å². The molecule has 0 aromatic heterocycles. The third-order valence-corrected chi connectivity index (χ3v) is 2.04. The molecule has 1 atom stereocenters. The van der Waals surface area contributed by atoms with Crippen LogP contribution < -0.4 is 10.6 Å². The van der Waals surface area contributed by atoms with Gasteiger partial charge in [-0.25, -0.2) is 0 Å². The highest BCUT2D eigenvalue weighted by Crippen LogP contribution is 2.09. The summed E-state index contributed by atoms with van der Waals surface area (Å²) < 4.78 is 0. The molecule has 88 valence electrons. The van der Waals surface area contributed by atoms with Gasteiger partial charge in [0, 0.05) is 25.7 Å². The van der Waals surface area contributed by atoms with Crippen molar-refractivity contribution >= 4 is 11.6 Å². The molecule has 0 spiro atoms. The summed E-state index contributed by atoms with van der Waals surface area (Å²) in [5, 5.41) is 14.9. The summed E-state index contributed by atoms with van der Waals surface area (Å²) >= 11 is 0. The number of aliphatic hydroxyl groups excluding tert-OH is 1. The zero-order valence-electron chi connectivity index (χ0n) is 9.66. The summed E-state index contributed by atoms with van der Waals surface area (Å²) in [5.74, 6) is -0.0695. The fourth-order valence-corrected chi connectivity index (χ4v) is 1.33. The molecule has 4 heteroatoms. The number of rotatable bonds is 5. The van der Waals surface area contributed by atoms with Crippen molar-refractivity contribution in [3.05, 3.63) is 29.8 Å². The van der Waals surface area contributed by atoms with Crippen LogP contribution in [0.4, 0.5) is 5.69 Å². The molecule has 1 aromatic rings. The summed E-state index contributed by atoms with van der Waals surface area (Å²) in [6.45, 7) is 4.52. The summed E-state index contributed by atoms with van der Waals surface area (Å²) in [7, 11) is 0. The molecule has 0 fully saturated rings. The molecule has 1 amide bonds. The van der Waals surface area contributed by atoms with Crippen LogP contribution in [0.3, 0.4) is 0 Å². The Labute approximate surface area is 95.7 Å². The van der Waals surface area contributed by atoms with E-state index < -0.39 is 0 Å². The molecule has 1 unspecified atom stereocenters. The fraction of sp³-hybridized carbons (Fsp3) is 0.417. The maximum Gasteiger partial charge on any atom is 0.221 e. The Morgan fingerprint density at radius 2 is 2.00 bits per heavy atom. The molecule has 0 bridgehead atoms. The Morgan fingerprint density at radius 1 is 1.38 bits per heavy atom. The van der Waals surface area contributed by atoms with Gasteiger partial charge in [-0.3, -0.25) is 4.79 Å². The van der Waals surface area contributed by atoms with Gasteiger partial charge in [0.25, 0.3) is 0 Å². The Morgan fingerprint density at radius 3 is 2.50 bits per heavy atom. The number of carbonyl (C=O) groups excluding carboxylic acids is 1. The number of hydrogen-bond donors (Lipinski definition) is 3. The van der Waals surface area contributed by atoms with E-state index in [-0.39, 0.29) is 12.0 Å².